The Hall–Kier alpha value is -2.41. The summed E-state index contributed by atoms with van der Waals surface area (Å²) in [6.07, 6.45) is 2.92. The molecule has 0 bridgehead atoms. The number of benzene rings is 1. The Kier molecular flexibility index (Phi) is 2.27. The van der Waals surface area contributed by atoms with Crippen molar-refractivity contribution in [2.24, 2.45) is 5.41 Å². The van der Waals surface area contributed by atoms with E-state index in [1.165, 1.54) is 0 Å². The van der Waals surface area contributed by atoms with Crippen LogP contribution >= 0.6 is 0 Å². The van der Waals surface area contributed by atoms with Crippen molar-refractivity contribution in [3.63, 3.8) is 0 Å². The van der Waals surface area contributed by atoms with Gasteiger partial charge in [-0.05, 0) is 25.0 Å². The zero-order valence-corrected chi connectivity index (χ0v) is 9.68. The Morgan fingerprint density at radius 2 is 2.17 bits per heavy atom. The van der Waals surface area contributed by atoms with Crippen molar-refractivity contribution in [3.8, 4) is 6.07 Å². The van der Waals surface area contributed by atoms with Crippen molar-refractivity contribution in [3.05, 3.63) is 36.5 Å². The summed E-state index contributed by atoms with van der Waals surface area (Å²) < 4.78 is 0. The maximum absolute atomic E-state index is 11.9. The van der Waals surface area contributed by atoms with E-state index in [4.69, 9.17) is 5.26 Å². The number of para-hydroxylation sites is 1. The van der Waals surface area contributed by atoms with E-state index in [1.807, 2.05) is 30.3 Å². The molecule has 1 aromatic carbocycles. The number of amides is 1. The first kappa shape index (κ1) is 10.7. The third kappa shape index (κ3) is 1.70. The predicted molar refractivity (Wildman–Crippen MR) is 67.7 cm³/mol. The van der Waals surface area contributed by atoms with Crippen LogP contribution in [-0.4, -0.2) is 10.9 Å². The SMILES string of the molecule is N#CC1(C(=O)Nc2cnc3ccccc3c2)CC1. The fourth-order valence-electron chi connectivity index (χ4n) is 1.90. The lowest BCUT2D eigenvalue weighted by Gasteiger charge is -2.08. The number of carbonyl (C=O) groups is 1. The van der Waals surface area contributed by atoms with Crippen LogP contribution in [0.4, 0.5) is 5.69 Å². The number of nitrogens with zero attached hydrogens (tertiary/aromatic N) is 2. The lowest BCUT2D eigenvalue weighted by molar-refractivity contribution is -0.119. The third-order valence-electron chi connectivity index (χ3n) is 3.25. The van der Waals surface area contributed by atoms with E-state index in [-0.39, 0.29) is 5.91 Å². The first-order chi connectivity index (χ1) is 8.73. The molecule has 0 spiro atoms. The molecule has 18 heavy (non-hydrogen) atoms. The van der Waals surface area contributed by atoms with Gasteiger partial charge in [-0.25, -0.2) is 0 Å². The molecule has 0 radical (unpaired) electrons. The number of anilines is 1. The number of rotatable bonds is 2. The normalized spacial score (nSPS) is 15.9. The summed E-state index contributed by atoms with van der Waals surface area (Å²) >= 11 is 0. The fourth-order valence-corrected chi connectivity index (χ4v) is 1.90. The number of nitrogens with one attached hydrogen (secondary N) is 1. The van der Waals surface area contributed by atoms with Crippen LogP contribution in [-0.2, 0) is 4.79 Å². The highest BCUT2D eigenvalue weighted by Gasteiger charge is 2.50. The van der Waals surface area contributed by atoms with Gasteiger partial charge in [-0.3, -0.25) is 9.78 Å². The Bertz CT molecular complexity index is 668. The molecule has 1 amide bonds. The van der Waals surface area contributed by atoms with Gasteiger partial charge in [0, 0.05) is 5.39 Å². The molecule has 0 saturated heterocycles. The van der Waals surface area contributed by atoms with Gasteiger partial charge >= 0.3 is 0 Å². The van der Waals surface area contributed by atoms with Crippen LogP contribution in [0.1, 0.15) is 12.8 Å². The van der Waals surface area contributed by atoms with Crippen molar-refractivity contribution in [1.29, 1.82) is 5.26 Å². The quantitative estimate of drug-likeness (QED) is 0.872. The monoisotopic (exact) mass is 237 g/mol. The number of pyridine rings is 1. The molecular weight excluding hydrogens is 226 g/mol. The van der Waals surface area contributed by atoms with E-state index in [1.54, 1.807) is 6.20 Å². The van der Waals surface area contributed by atoms with Gasteiger partial charge in [0.25, 0.3) is 0 Å². The molecule has 1 N–H and O–H groups in total. The highest BCUT2D eigenvalue weighted by Crippen LogP contribution is 2.45. The van der Waals surface area contributed by atoms with Gasteiger partial charge in [-0.2, -0.15) is 5.26 Å². The molecule has 1 saturated carbocycles. The van der Waals surface area contributed by atoms with E-state index in [0.29, 0.717) is 18.5 Å². The molecule has 0 unspecified atom stereocenters. The molecule has 1 heterocycles. The summed E-state index contributed by atoms with van der Waals surface area (Å²) in [5.74, 6) is -0.220. The van der Waals surface area contributed by atoms with Gasteiger partial charge < -0.3 is 5.32 Å². The second kappa shape index (κ2) is 3.81. The molecule has 4 nitrogen and oxygen atoms in total. The van der Waals surface area contributed by atoms with Crippen LogP contribution in [0.3, 0.4) is 0 Å². The molecule has 1 aliphatic carbocycles. The largest absolute Gasteiger partial charge is 0.323 e. The van der Waals surface area contributed by atoms with Gasteiger partial charge in [0.15, 0.2) is 0 Å². The summed E-state index contributed by atoms with van der Waals surface area (Å²) in [5, 5.41) is 12.7. The lowest BCUT2D eigenvalue weighted by atomic mass is 10.1. The molecule has 1 aromatic heterocycles. The predicted octanol–water partition coefficient (Wildman–Crippen LogP) is 2.48. The maximum Gasteiger partial charge on any atom is 0.244 e. The maximum atomic E-state index is 11.9. The van der Waals surface area contributed by atoms with E-state index in [0.717, 1.165) is 10.9 Å². The van der Waals surface area contributed by atoms with Crippen molar-refractivity contribution >= 4 is 22.5 Å². The van der Waals surface area contributed by atoms with E-state index in [9.17, 15) is 4.79 Å². The van der Waals surface area contributed by atoms with Crippen molar-refractivity contribution < 1.29 is 4.79 Å². The molecular formula is C14H11N3O. The Morgan fingerprint density at radius 3 is 2.89 bits per heavy atom. The number of fused-ring (bicyclic) bond motifs is 1. The van der Waals surface area contributed by atoms with Crippen LogP contribution in [0.2, 0.25) is 0 Å². The molecule has 0 atom stereocenters. The second-order valence-electron chi connectivity index (χ2n) is 4.56. The highest BCUT2D eigenvalue weighted by atomic mass is 16.2. The van der Waals surface area contributed by atoms with Crippen LogP contribution in [0.5, 0.6) is 0 Å². The molecule has 88 valence electrons. The summed E-state index contributed by atoms with van der Waals surface area (Å²) in [7, 11) is 0. The Morgan fingerprint density at radius 1 is 1.39 bits per heavy atom. The average molecular weight is 237 g/mol. The minimum atomic E-state index is -0.800. The zero-order chi connectivity index (χ0) is 12.6. The Labute approximate surface area is 104 Å². The molecule has 1 aliphatic rings. The smallest absolute Gasteiger partial charge is 0.244 e. The number of nitriles is 1. The summed E-state index contributed by atoms with van der Waals surface area (Å²) in [6.45, 7) is 0. The summed E-state index contributed by atoms with van der Waals surface area (Å²) in [5.41, 5.74) is 0.725. The van der Waals surface area contributed by atoms with Crippen LogP contribution < -0.4 is 5.32 Å². The van der Waals surface area contributed by atoms with Gasteiger partial charge in [0.1, 0.15) is 5.41 Å². The summed E-state index contributed by atoms with van der Waals surface area (Å²) in [6, 6.07) is 11.6. The number of hydrogen-bond acceptors (Lipinski definition) is 3. The van der Waals surface area contributed by atoms with Gasteiger partial charge in [-0.1, -0.05) is 18.2 Å². The molecule has 2 aromatic rings. The summed E-state index contributed by atoms with van der Waals surface area (Å²) in [4.78, 5) is 16.2. The van der Waals surface area contributed by atoms with Crippen LogP contribution in [0.15, 0.2) is 36.5 Å². The number of carbonyl (C=O) groups excluding carboxylic acids is 1. The van der Waals surface area contributed by atoms with Crippen LogP contribution in [0, 0.1) is 16.7 Å². The van der Waals surface area contributed by atoms with Gasteiger partial charge in [0.05, 0.1) is 23.5 Å². The number of hydrogen-bond donors (Lipinski definition) is 1. The lowest BCUT2D eigenvalue weighted by Crippen LogP contribution is -2.22. The number of aromatic nitrogens is 1. The van der Waals surface area contributed by atoms with E-state index < -0.39 is 5.41 Å². The minimum Gasteiger partial charge on any atom is -0.323 e. The average Bonchev–Trinajstić information content (AvgIpc) is 3.19. The second-order valence-corrected chi connectivity index (χ2v) is 4.56. The molecule has 4 heteroatoms. The standard InChI is InChI=1S/C14H11N3O/c15-9-14(5-6-14)13(18)17-11-7-10-3-1-2-4-12(10)16-8-11/h1-4,7-8H,5-6H2,(H,17,18). The van der Waals surface area contributed by atoms with Crippen molar-refractivity contribution in [2.45, 2.75) is 12.8 Å². The first-order valence-corrected chi connectivity index (χ1v) is 5.81. The van der Waals surface area contributed by atoms with E-state index >= 15 is 0 Å². The molecule has 0 aliphatic heterocycles. The highest BCUT2D eigenvalue weighted by molar-refractivity contribution is 6.00. The topological polar surface area (TPSA) is 65.8 Å². The fraction of sp³-hybridized carbons (Fsp3) is 0.214. The third-order valence-corrected chi connectivity index (χ3v) is 3.25. The van der Waals surface area contributed by atoms with Gasteiger partial charge in [-0.15, -0.1) is 0 Å². The molecule has 1 fully saturated rings. The first-order valence-electron chi connectivity index (χ1n) is 5.81. The van der Waals surface area contributed by atoms with Crippen molar-refractivity contribution in [1.82, 2.24) is 4.98 Å². The zero-order valence-electron chi connectivity index (χ0n) is 9.68. The minimum absolute atomic E-state index is 0.220. The molecule has 3 rings (SSSR count). The Balaban J connectivity index is 1.87. The van der Waals surface area contributed by atoms with Gasteiger partial charge in [0.2, 0.25) is 5.91 Å². The van der Waals surface area contributed by atoms with E-state index in [2.05, 4.69) is 16.4 Å². The van der Waals surface area contributed by atoms with Crippen molar-refractivity contribution in [2.75, 3.05) is 5.32 Å². The van der Waals surface area contributed by atoms with Crippen LogP contribution in [0.25, 0.3) is 10.9 Å².